The molecule has 0 saturated heterocycles. The van der Waals surface area contributed by atoms with E-state index in [2.05, 4.69) is 4.90 Å². The number of hydrogen-bond donors (Lipinski definition) is 1. The van der Waals surface area contributed by atoms with Crippen LogP contribution in [-0.2, 0) is 6.42 Å². The molecule has 0 spiro atoms. The number of para-hydroxylation sites is 1. The van der Waals surface area contributed by atoms with Crippen LogP contribution in [0.4, 0.5) is 0 Å². The third-order valence-corrected chi connectivity index (χ3v) is 2.35. The summed E-state index contributed by atoms with van der Waals surface area (Å²) in [6.07, 6.45) is 1.13. The van der Waals surface area contributed by atoms with Crippen LogP contribution in [0.3, 0.4) is 0 Å². The lowest BCUT2D eigenvalue weighted by Gasteiger charge is -2.07. The molecule has 0 unspecified atom stereocenters. The minimum Gasteiger partial charge on any atom is -0.361 e. The van der Waals surface area contributed by atoms with Gasteiger partial charge in [-0.15, -0.1) is 0 Å². The Morgan fingerprint density at radius 2 is 2.21 bits per heavy atom. The smallest absolute Gasteiger partial charge is 0.166 e. The minimum atomic E-state index is 0.308. The van der Waals surface area contributed by atoms with Gasteiger partial charge >= 0.3 is 0 Å². The minimum absolute atomic E-state index is 0.308. The fourth-order valence-electron chi connectivity index (χ4n) is 1.54. The molecular weight excluding hydrogens is 172 g/mol. The SMILES string of the molecule is [2H]c1c(CCN(C)C)c2ccccc2n1[2H]. The Balaban J connectivity index is 2.47. The van der Waals surface area contributed by atoms with Gasteiger partial charge in [0.1, 0.15) is 0 Å². The predicted molar refractivity (Wildman–Crippen MR) is 60.6 cm³/mol. The molecule has 1 N–H and O–H groups in total. The number of likely N-dealkylation sites (N-methyl/N-ethyl adjacent to an activating group) is 1. The number of nitrogens with zero attached hydrogens (tertiary/aromatic N) is 1. The summed E-state index contributed by atoms with van der Waals surface area (Å²) >= 11 is 0. The molecule has 0 radical (unpaired) electrons. The van der Waals surface area contributed by atoms with E-state index in [4.69, 9.17) is 2.78 Å². The van der Waals surface area contributed by atoms with Gasteiger partial charge in [0.2, 0.25) is 0 Å². The van der Waals surface area contributed by atoms with Crippen LogP contribution in [0, 0.1) is 0 Å². The number of rotatable bonds is 3. The lowest BCUT2D eigenvalue weighted by atomic mass is 10.1. The maximum absolute atomic E-state index is 7.92. The lowest BCUT2D eigenvalue weighted by Crippen LogP contribution is -2.14. The maximum atomic E-state index is 7.92. The molecule has 2 rings (SSSR count). The normalized spacial score (nSPS) is 13.4. The maximum Gasteiger partial charge on any atom is 0.166 e. The third kappa shape index (κ3) is 1.80. The van der Waals surface area contributed by atoms with Gasteiger partial charge in [-0.1, -0.05) is 18.2 Å². The molecule has 1 aromatic heterocycles. The van der Waals surface area contributed by atoms with Gasteiger partial charge in [-0.25, -0.2) is 0 Å². The van der Waals surface area contributed by atoms with Crippen molar-refractivity contribution in [1.82, 2.24) is 9.88 Å². The highest BCUT2D eigenvalue weighted by molar-refractivity contribution is 5.83. The highest BCUT2D eigenvalue weighted by Crippen LogP contribution is 2.17. The molecule has 0 saturated carbocycles. The molecule has 74 valence electrons. The fourth-order valence-corrected chi connectivity index (χ4v) is 1.54. The molecule has 0 amide bonds. The zero-order chi connectivity index (χ0) is 11.7. The first-order valence-electron chi connectivity index (χ1n) is 5.79. The molecule has 1 aromatic carbocycles. The van der Waals surface area contributed by atoms with Crippen LogP contribution in [0.1, 0.15) is 6.93 Å². The topological polar surface area (TPSA) is 19.0 Å². The van der Waals surface area contributed by atoms with Crippen LogP contribution < -0.4 is 0 Å². The molecular formula is C12H16N2. The number of nitrogens with one attached hydrogen (secondary N) is 1. The van der Waals surface area contributed by atoms with Crippen molar-refractivity contribution >= 4 is 10.9 Å². The summed E-state index contributed by atoms with van der Waals surface area (Å²) in [5.41, 5.74) is 1.79. The first-order valence-corrected chi connectivity index (χ1v) is 4.84. The van der Waals surface area contributed by atoms with Crippen LogP contribution in [0.15, 0.2) is 30.4 Å². The van der Waals surface area contributed by atoms with E-state index < -0.39 is 0 Å². The van der Waals surface area contributed by atoms with Crippen LogP contribution >= 0.6 is 0 Å². The van der Waals surface area contributed by atoms with E-state index in [1.807, 2.05) is 38.4 Å². The van der Waals surface area contributed by atoms with Gasteiger partial charge in [0, 0.05) is 23.6 Å². The Hall–Kier alpha value is -1.28. The molecule has 0 atom stereocenters. The zero-order valence-electron chi connectivity index (χ0n) is 10.6. The Labute approximate surface area is 87.4 Å². The summed E-state index contributed by atoms with van der Waals surface area (Å²) in [4.78, 5) is 3.30. The molecule has 2 aromatic rings. The monoisotopic (exact) mass is 190 g/mol. The van der Waals surface area contributed by atoms with E-state index in [0.717, 1.165) is 29.4 Å². The Bertz CT molecular complexity index is 503. The summed E-state index contributed by atoms with van der Waals surface area (Å²) in [5.74, 6) is 0. The van der Waals surface area contributed by atoms with Crippen LogP contribution in [0.25, 0.3) is 10.9 Å². The van der Waals surface area contributed by atoms with Crippen LogP contribution in [0.5, 0.6) is 0 Å². The quantitative estimate of drug-likeness (QED) is 0.786. The number of H-pyrrole nitrogens is 1. The van der Waals surface area contributed by atoms with Crippen molar-refractivity contribution in [3.8, 4) is 0 Å². The second kappa shape index (κ2) is 3.84. The largest absolute Gasteiger partial charge is 0.361 e. The van der Waals surface area contributed by atoms with E-state index in [0.29, 0.717) is 6.17 Å². The second-order valence-corrected chi connectivity index (χ2v) is 3.77. The van der Waals surface area contributed by atoms with Crippen LogP contribution in [0.2, 0.25) is 1.41 Å². The summed E-state index contributed by atoms with van der Waals surface area (Å²) in [7, 11) is 4.03. The van der Waals surface area contributed by atoms with Crippen molar-refractivity contribution in [2.45, 2.75) is 6.42 Å². The predicted octanol–water partition coefficient (Wildman–Crippen LogP) is 2.27. The molecule has 0 aliphatic heterocycles. The summed E-state index contributed by atoms with van der Waals surface area (Å²) in [6.45, 7) is 0.903. The Morgan fingerprint density at radius 3 is 3.00 bits per heavy atom. The second-order valence-electron chi connectivity index (χ2n) is 3.77. The number of fused-ring (bicyclic) bond motifs is 1. The number of aromatic amines is 1. The average Bonchev–Trinajstić information content (AvgIpc) is 2.50. The van der Waals surface area contributed by atoms with Crippen molar-refractivity contribution in [3.05, 3.63) is 36.0 Å². The molecule has 0 bridgehead atoms. The van der Waals surface area contributed by atoms with E-state index in [9.17, 15) is 0 Å². The van der Waals surface area contributed by atoms with Crippen molar-refractivity contribution in [3.63, 3.8) is 0 Å². The van der Waals surface area contributed by atoms with Crippen molar-refractivity contribution < 1.29 is 2.78 Å². The summed E-state index contributed by atoms with van der Waals surface area (Å²) in [5, 5.41) is 1.03. The summed E-state index contributed by atoms with van der Waals surface area (Å²) in [6, 6.07) is 7.74. The third-order valence-electron chi connectivity index (χ3n) is 2.35. The van der Waals surface area contributed by atoms with Gasteiger partial charge in [-0.05, 0) is 32.1 Å². The van der Waals surface area contributed by atoms with Gasteiger partial charge < -0.3 is 9.88 Å². The number of benzene rings is 1. The van der Waals surface area contributed by atoms with E-state index in [1.165, 1.54) is 4.98 Å². The van der Waals surface area contributed by atoms with E-state index in [1.54, 1.807) is 0 Å². The molecule has 1 heterocycles. The molecule has 0 aliphatic carbocycles. The first-order chi connectivity index (χ1) is 7.61. The van der Waals surface area contributed by atoms with E-state index in [-0.39, 0.29) is 0 Å². The number of aromatic nitrogens is 1. The molecule has 2 heteroatoms. The summed E-state index contributed by atoms with van der Waals surface area (Å²) < 4.78 is 15.7. The number of hydrogen-bond acceptors (Lipinski definition) is 1. The molecule has 2 nitrogen and oxygen atoms in total. The molecule has 0 fully saturated rings. The van der Waals surface area contributed by atoms with Gasteiger partial charge in [-0.2, -0.15) is 0 Å². The Kier molecular flexibility index (Phi) is 1.94. The first kappa shape index (κ1) is 7.07. The standard InChI is InChI=1S/C12H16N2/c1-14(2)8-7-10-9-13-12-6-4-3-5-11(10)12/h3-6,9,13H,7-8H2,1-2H3/i9D/hD. The van der Waals surface area contributed by atoms with Crippen molar-refractivity contribution in [2.75, 3.05) is 20.6 Å². The van der Waals surface area contributed by atoms with Gasteiger partial charge in [0.25, 0.3) is 0 Å². The van der Waals surface area contributed by atoms with Crippen molar-refractivity contribution in [2.24, 2.45) is 0 Å². The highest BCUT2D eigenvalue weighted by atomic mass is 15.0. The highest BCUT2D eigenvalue weighted by Gasteiger charge is 2.02. The van der Waals surface area contributed by atoms with Crippen LogP contribution in [-0.4, -0.2) is 30.5 Å². The molecule has 0 aliphatic rings. The van der Waals surface area contributed by atoms with E-state index >= 15 is 0 Å². The fraction of sp³-hybridized carbons (Fsp3) is 0.333. The van der Waals surface area contributed by atoms with Gasteiger partial charge in [0.15, 0.2) is 1.41 Å². The average molecular weight is 190 g/mol. The lowest BCUT2D eigenvalue weighted by molar-refractivity contribution is 0.414. The Morgan fingerprint density at radius 1 is 1.43 bits per heavy atom. The van der Waals surface area contributed by atoms with Gasteiger partial charge in [-0.3, -0.25) is 0 Å². The zero-order valence-corrected chi connectivity index (χ0v) is 8.62. The molecule has 14 heavy (non-hydrogen) atoms. The van der Waals surface area contributed by atoms with Gasteiger partial charge in [0.05, 0.1) is 1.37 Å². The van der Waals surface area contributed by atoms with Crippen molar-refractivity contribution in [1.29, 1.82) is 0 Å².